The van der Waals surface area contributed by atoms with Crippen molar-refractivity contribution < 1.29 is 0 Å². The molecule has 138 valence electrons. The smallest absolute Gasteiger partial charge is 0.173 e. The van der Waals surface area contributed by atoms with Gasteiger partial charge >= 0.3 is 0 Å². The van der Waals surface area contributed by atoms with E-state index in [1.165, 1.54) is 5.56 Å². The Morgan fingerprint density at radius 1 is 1.00 bits per heavy atom. The molecule has 0 amide bonds. The zero-order valence-corrected chi connectivity index (χ0v) is 17.2. The second-order valence-corrected chi connectivity index (χ2v) is 7.61. The highest BCUT2D eigenvalue weighted by Gasteiger charge is 2.20. The Morgan fingerprint density at radius 2 is 1.65 bits per heavy atom. The van der Waals surface area contributed by atoms with Crippen LogP contribution < -0.4 is 5.32 Å². The monoisotopic (exact) mass is 407 g/mol. The van der Waals surface area contributed by atoms with Crippen molar-refractivity contribution in [1.82, 2.24) is 9.80 Å². The predicted molar refractivity (Wildman–Crippen MR) is 115 cm³/mol. The summed E-state index contributed by atoms with van der Waals surface area (Å²) >= 11 is 18.2. The van der Waals surface area contributed by atoms with E-state index in [0.717, 1.165) is 65.6 Å². The number of nitrogens with one attached hydrogen (secondary N) is 1. The molecule has 1 heterocycles. The van der Waals surface area contributed by atoms with Gasteiger partial charge in [-0.2, -0.15) is 0 Å². The molecule has 1 aliphatic rings. The summed E-state index contributed by atoms with van der Waals surface area (Å²) < 4.78 is 0. The Labute approximate surface area is 170 Å². The third-order valence-electron chi connectivity index (χ3n) is 4.74. The largest absolute Gasteiger partial charge is 0.346 e. The van der Waals surface area contributed by atoms with Gasteiger partial charge in [-0.15, -0.1) is 0 Å². The summed E-state index contributed by atoms with van der Waals surface area (Å²) in [5, 5.41) is 5.66. The molecule has 1 aliphatic heterocycles. The second kappa shape index (κ2) is 9.05. The molecule has 26 heavy (non-hydrogen) atoms. The van der Waals surface area contributed by atoms with E-state index >= 15 is 0 Å². The first-order chi connectivity index (χ1) is 12.6. The average Bonchev–Trinajstić information content (AvgIpc) is 2.66. The summed E-state index contributed by atoms with van der Waals surface area (Å²) in [6.45, 7) is 6.56. The van der Waals surface area contributed by atoms with E-state index in [-0.39, 0.29) is 0 Å². The van der Waals surface area contributed by atoms with Crippen molar-refractivity contribution in [2.45, 2.75) is 19.9 Å². The van der Waals surface area contributed by atoms with E-state index in [9.17, 15) is 0 Å². The van der Waals surface area contributed by atoms with Crippen LogP contribution in [0.15, 0.2) is 42.5 Å². The fraction of sp³-hybridized carbons (Fsp3) is 0.350. The first-order valence-corrected chi connectivity index (χ1v) is 10.0. The molecule has 0 atom stereocenters. The first-order valence-electron chi connectivity index (χ1n) is 8.87. The lowest BCUT2D eigenvalue weighted by molar-refractivity contribution is 0.177. The summed E-state index contributed by atoms with van der Waals surface area (Å²) in [7, 11) is 0. The molecule has 2 aromatic carbocycles. The molecule has 2 aromatic rings. The fourth-order valence-corrected chi connectivity index (χ4v) is 3.97. The van der Waals surface area contributed by atoms with Crippen LogP contribution in [0.5, 0.6) is 0 Å². The Bertz CT molecular complexity index is 753. The van der Waals surface area contributed by atoms with Crippen molar-refractivity contribution in [3.63, 3.8) is 0 Å². The maximum Gasteiger partial charge on any atom is 0.173 e. The summed E-state index contributed by atoms with van der Waals surface area (Å²) in [6, 6.07) is 14.0. The molecule has 0 saturated carbocycles. The molecule has 3 nitrogen and oxygen atoms in total. The molecular weight excluding hydrogens is 385 g/mol. The standard InChI is InChI=1S/C20H23Cl2N3S/c1-2-15-6-3-4-9-19(15)23-20(26)25-12-10-24(11-13-25)14-16-17(21)7-5-8-18(16)22/h3-9H,2,10-14H2,1H3,(H,23,26). The number of para-hydroxylation sites is 1. The number of anilines is 1. The predicted octanol–water partition coefficient (Wildman–Crippen LogP) is 5.07. The summed E-state index contributed by atoms with van der Waals surface area (Å²) in [6.07, 6.45) is 0.984. The number of nitrogens with zero attached hydrogens (tertiary/aromatic N) is 2. The van der Waals surface area contributed by atoms with Crippen molar-refractivity contribution in [2.75, 3.05) is 31.5 Å². The van der Waals surface area contributed by atoms with Gasteiger partial charge in [0.2, 0.25) is 0 Å². The summed E-state index contributed by atoms with van der Waals surface area (Å²) in [5.74, 6) is 0. The molecule has 1 fully saturated rings. The van der Waals surface area contributed by atoms with E-state index in [1.54, 1.807) is 0 Å². The Hall–Kier alpha value is -1.33. The molecule has 1 N–H and O–H groups in total. The normalized spacial score (nSPS) is 15.1. The van der Waals surface area contributed by atoms with Crippen molar-refractivity contribution in [3.05, 3.63) is 63.6 Å². The first kappa shape index (κ1) is 19.4. The highest BCUT2D eigenvalue weighted by Crippen LogP contribution is 2.26. The fourth-order valence-electron chi connectivity index (χ4n) is 3.16. The van der Waals surface area contributed by atoms with Crippen LogP contribution >= 0.6 is 35.4 Å². The van der Waals surface area contributed by atoms with Gasteiger partial charge in [-0.25, -0.2) is 0 Å². The Morgan fingerprint density at radius 3 is 2.31 bits per heavy atom. The van der Waals surface area contributed by atoms with Gasteiger partial charge < -0.3 is 10.2 Å². The molecule has 3 rings (SSSR count). The summed E-state index contributed by atoms with van der Waals surface area (Å²) in [4.78, 5) is 4.60. The highest BCUT2D eigenvalue weighted by molar-refractivity contribution is 7.80. The van der Waals surface area contributed by atoms with Gasteiger partial charge in [-0.05, 0) is 42.4 Å². The maximum atomic E-state index is 6.29. The van der Waals surface area contributed by atoms with Crippen LogP contribution in [0.2, 0.25) is 10.0 Å². The lowest BCUT2D eigenvalue weighted by Gasteiger charge is -2.36. The number of halogens is 2. The van der Waals surface area contributed by atoms with Crippen LogP contribution in [0.1, 0.15) is 18.1 Å². The quantitative estimate of drug-likeness (QED) is 0.712. The molecule has 1 saturated heterocycles. The lowest BCUT2D eigenvalue weighted by atomic mass is 10.1. The Balaban J connectivity index is 1.56. The number of aryl methyl sites for hydroxylation is 1. The van der Waals surface area contributed by atoms with E-state index in [1.807, 2.05) is 24.3 Å². The van der Waals surface area contributed by atoms with Gasteiger partial charge in [0.15, 0.2) is 5.11 Å². The number of piperazine rings is 1. The molecule has 0 unspecified atom stereocenters. The van der Waals surface area contributed by atoms with Gasteiger partial charge in [-0.3, -0.25) is 4.90 Å². The number of hydrogen-bond donors (Lipinski definition) is 1. The van der Waals surface area contributed by atoms with Crippen molar-refractivity contribution >= 4 is 46.2 Å². The van der Waals surface area contributed by atoms with Crippen LogP contribution in [0, 0.1) is 0 Å². The third kappa shape index (κ3) is 4.68. The van der Waals surface area contributed by atoms with Crippen molar-refractivity contribution in [3.8, 4) is 0 Å². The van der Waals surface area contributed by atoms with Crippen LogP contribution in [-0.2, 0) is 13.0 Å². The SMILES string of the molecule is CCc1ccccc1NC(=S)N1CCN(Cc2c(Cl)cccc2Cl)CC1. The minimum Gasteiger partial charge on any atom is -0.346 e. The topological polar surface area (TPSA) is 18.5 Å². The molecule has 0 radical (unpaired) electrons. The van der Waals surface area contributed by atoms with Gasteiger partial charge in [0, 0.05) is 54.0 Å². The third-order valence-corrected chi connectivity index (χ3v) is 5.81. The summed E-state index contributed by atoms with van der Waals surface area (Å²) in [5.41, 5.74) is 3.38. The zero-order valence-electron chi connectivity index (χ0n) is 14.8. The molecule has 0 spiro atoms. The number of benzene rings is 2. The van der Waals surface area contributed by atoms with Crippen LogP contribution in [0.3, 0.4) is 0 Å². The second-order valence-electron chi connectivity index (χ2n) is 6.40. The number of rotatable bonds is 4. The van der Waals surface area contributed by atoms with Gasteiger partial charge in [0.1, 0.15) is 0 Å². The van der Waals surface area contributed by atoms with Crippen LogP contribution in [0.4, 0.5) is 5.69 Å². The minimum absolute atomic E-state index is 0.730. The lowest BCUT2D eigenvalue weighted by Crippen LogP contribution is -2.49. The molecule has 0 aliphatic carbocycles. The zero-order chi connectivity index (χ0) is 18.5. The number of thiocarbonyl (C=S) groups is 1. The van der Waals surface area contributed by atoms with Crippen molar-refractivity contribution in [1.29, 1.82) is 0 Å². The van der Waals surface area contributed by atoms with E-state index in [4.69, 9.17) is 35.4 Å². The molecule has 6 heteroatoms. The van der Waals surface area contributed by atoms with Crippen LogP contribution in [-0.4, -0.2) is 41.1 Å². The van der Waals surface area contributed by atoms with Gasteiger partial charge in [0.05, 0.1) is 0 Å². The van der Waals surface area contributed by atoms with E-state index in [0.29, 0.717) is 0 Å². The average molecular weight is 408 g/mol. The van der Waals surface area contributed by atoms with Crippen LogP contribution in [0.25, 0.3) is 0 Å². The van der Waals surface area contributed by atoms with Crippen molar-refractivity contribution in [2.24, 2.45) is 0 Å². The molecule has 0 bridgehead atoms. The maximum absolute atomic E-state index is 6.29. The highest BCUT2D eigenvalue weighted by atomic mass is 35.5. The van der Waals surface area contributed by atoms with Gasteiger partial charge in [-0.1, -0.05) is 54.4 Å². The molecular formula is C20H23Cl2N3S. The van der Waals surface area contributed by atoms with Gasteiger partial charge in [0.25, 0.3) is 0 Å². The molecule has 0 aromatic heterocycles. The van der Waals surface area contributed by atoms with E-state index < -0.39 is 0 Å². The number of hydrogen-bond acceptors (Lipinski definition) is 2. The minimum atomic E-state index is 0.730. The Kier molecular flexibility index (Phi) is 6.76. The van der Waals surface area contributed by atoms with E-state index in [2.05, 4.69) is 40.2 Å².